The molecular weight excluding hydrogens is 337 g/mol. The highest BCUT2D eigenvalue weighted by Gasteiger charge is 2.31. The molecule has 6 nitrogen and oxygen atoms in total. The maximum Gasteiger partial charge on any atom is 0.573 e. The van der Waals surface area contributed by atoms with Crippen LogP contribution in [0.4, 0.5) is 19.0 Å². The van der Waals surface area contributed by atoms with Gasteiger partial charge in [-0.25, -0.2) is 4.98 Å². The van der Waals surface area contributed by atoms with Crippen LogP contribution in [0.25, 0.3) is 0 Å². The fourth-order valence-corrected chi connectivity index (χ4v) is 2.57. The lowest BCUT2D eigenvalue weighted by Crippen LogP contribution is -2.49. The van der Waals surface area contributed by atoms with Crippen LogP contribution in [0.1, 0.15) is 10.4 Å². The van der Waals surface area contributed by atoms with Gasteiger partial charge in [-0.15, -0.1) is 13.2 Å². The highest BCUT2D eigenvalue weighted by atomic mass is 19.4. The van der Waals surface area contributed by atoms with Crippen molar-refractivity contribution in [2.24, 2.45) is 0 Å². The van der Waals surface area contributed by atoms with Crippen LogP contribution >= 0.6 is 0 Å². The predicted molar refractivity (Wildman–Crippen MR) is 83.3 cm³/mol. The standard InChI is InChI=1S/C16H15F3N4O2/c17-16(18,19)25-13-3-1-12(2-4-13)15(24)23-9-7-22(8-10-23)14-11-20-5-6-21-14/h1-6,11H,7-10H2. The number of ether oxygens (including phenoxy) is 1. The second-order valence-corrected chi connectivity index (χ2v) is 5.42. The summed E-state index contributed by atoms with van der Waals surface area (Å²) >= 11 is 0. The zero-order valence-electron chi connectivity index (χ0n) is 13.1. The first-order valence-electron chi connectivity index (χ1n) is 7.58. The van der Waals surface area contributed by atoms with Gasteiger partial charge in [0, 0.05) is 44.1 Å². The summed E-state index contributed by atoms with van der Waals surface area (Å²) in [6, 6.07) is 4.93. The van der Waals surface area contributed by atoms with Crippen molar-refractivity contribution < 1.29 is 22.7 Å². The van der Waals surface area contributed by atoms with E-state index in [0.29, 0.717) is 31.7 Å². The molecular formula is C16H15F3N4O2. The van der Waals surface area contributed by atoms with E-state index in [0.717, 1.165) is 18.0 Å². The zero-order valence-corrected chi connectivity index (χ0v) is 13.1. The van der Waals surface area contributed by atoms with Crippen LogP contribution in [0.5, 0.6) is 5.75 Å². The van der Waals surface area contributed by atoms with Crippen LogP contribution in [-0.4, -0.2) is 53.3 Å². The Bertz CT molecular complexity index is 714. The summed E-state index contributed by atoms with van der Waals surface area (Å²) < 4.78 is 40.3. The maximum atomic E-state index is 12.5. The Hall–Kier alpha value is -2.84. The number of piperazine rings is 1. The Morgan fingerprint density at radius 3 is 2.28 bits per heavy atom. The third kappa shape index (κ3) is 4.37. The minimum atomic E-state index is -4.75. The summed E-state index contributed by atoms with van der Waals surface area (Å²) in [5.74, 6) is 0.178. The molecule has 1 aliphatic rings. The maximum absolute atomic E-state index is 12.5. The Morgan fingerprint density at radius 2 is 1.72 bits per heavy atom. The molecule has 0 N–H and O–H groups in total. The summed E-state index contributed by atoms with van der Waals surface area (Å²) in [6.07, 6.45) is 0.117. The molecule has 0 radical (unpaired) electrons. The highest BCUT2D eigenvalue weighted by Crippen LogP contribution is 2.23. The van der Waals surface area contributed by atoms with Crippen molar-refractivity contribution >= 4 is 11.7 Å². The lowest BCUT2D eigenvalue weighted by molar-refractivity contribution is -0.274. The predicted octanol–water partition coefficient (Wildman–Crippen LogP) is 2.34. The van der Waals surface area contributed by atoms with E-state index in [1.165, 1.54) is 12.1 Å². The number of carbonyl (C=O) groups is 1. The molecule has 2 heterocycles. The molecule has 3 rings (SSSR count). The van der Waals surface area contributed by atoms with Crippen molar-refractivity contribution in [2.75, 3.05) is 31.1 Å². The first kappa shape index (κ1) is 17.0. The second kappa shape index (κ2) is 6.96. The van der Waals surface area contributed by atoms with Gasteiger partial charge >= 0.3 is 6.36 Å². The fourth-order valence-electron chi connectivity index (χ4n) is 2.57. The van der Waals surface area contributed by atoms with Gasteiger partial charge in [0.05, 0.1) is 6.20 Å². The summed E-state index contributed by atoms with van der Waals surface area (Å²) in [7, 11) is 0. The molecule has 0 spiro atoms. The number of rotatable bonds is 3. The molecule has 1 fully saturated rings. The van der Waals surface area contributed by atoms with Gasteiger partial charge in [0.1, 0.15) is 11.6 Å². The molecule has 132 valence electrons. The SMILES string of the molecule is O=C(c1ccc(OC(F)(F)F)cc1)N1CCN(c2cnccn2)CC1. The molecule has 1 saturated heterocycles. The van der Waals surface area contributed by atoms with Crippen molar-refractivity contribution in [1.82, 2.24) is 14.9 Å². The average molecular weight is 352 g/mol. The largest absolute Gasteiger partial charge is 0.573 e. The van der Waals surface area contributed by atoms with E-state index < -0.39 is 6.36 Å². The van der Waals surface area contributed by atoms with E-state index in [-0.39, 0.29) is 11.7 Å². The first-order valence-corrected chi connectivity index (χ1v) is 7.58. The number of hydrogen-bond donors (Lipinski definition) is 0. The Morgan fingerprint density at radius 1 is 1.04 bits per heavy atom. The van der Waals surface area contributed by atoms with Crippen molar-refractivity contribution in [3.63, 3.8) is 0 Å². The number of hydrogen-bond acceptors (Lipinski definition) is 5. The number of alkyl halides is 3. The lowest BCUT2D eigenvalue weighted by Gasteiger charge is -2.35. The van der Waals surface area contributed by atoms with Crippen LogP contribution in [-0.2, 0) is 0 Å². The van der Waals surface area contributed by atoms with Crippen LogP contribution in [0, 0.1) is 0 Å². The van der Waals surface area contributed by atoms with Crippen molar-refractivity contribution in [3.05, 3.63) is 48.4 Å². The van der Waals surface area contributed by atoms with Crippen molar-refractivity contribution in [1.29, 1.82) is 0 Å². The monoisotopic (exact) mass is 352 g/mol. The minimum absolute atomic E-state index is 0.225. The number of anilines is 1. The van der Waals surface area contributed by atoms with Crippen molar-refractivity contribution in [2.45, 2.75) is 6.36 Å². The van der Waals surface area contributed by atoms with Gasteiger partial charge in [-0.3, -0.25) is 9.78 Å². The number of aromatic nitrogens is 2. The molecule has 0 bridgehead atoms. The molecule has 2 aromatic rings. The summed E-state index contributed by atoms with van der Waals surface area (Å²) in [5.41, 5.74) is 0.322. The van der Waals surface area contributed by atoms with E-state index in [1.807, 2.05) is 4.90 Å². The zero-order chi connectivity index (χ0) is 17.9. The van der Waals surface area contributed by atoms with E-state index in [9.17, 15) is 18.0 Å². The first-order chi connectivity index (χ1) is 11.9. The van der Waals surface area contributed by atoms with Gasteiger partial charge in [-0.05, 0) is 24.3 Å². The number of carbonyl (C=O) groups excluding carboxylic acids is 1. The number of amides is 1. The summed E-state index contributed by atoms with van der Waals surface area (Å²) in [4.78, 5) is 24.4. The minimum Gasteiger partial charge on any atom is -0.406 e. The van der Waals surface area contributed by atoms with Crippen molar-refractivity contribution in [3.8, 4) is 5.75 Å². The molecule has 9 heteroatoms. The van der Waals surface area contributed by atoms with Gasteiger partial charge < -0.3 is 14.5 Å². The molecule has 0 unspecified atom stereocenters. The lowest BCUT2D eigenvalue weighted by atomic mass is 10.1. The summed E-state index contributed by atoms with van der Waals surface area (Å²) in [5, 5.41) is 0. The average Bonchev–Trinajstić information content (AvgIpc) is 2.61. The highest BCUT2D eigenvalue weighted by molar-refractivity contribution is 5.94. The topological polar surface area (TPSA) is 58.6 Å². The fraction of sp³-hybridized carbons (Fsp3) is 0.312. The smallest absolute Gasteiger partial charge is 0.406 e. The third-order valence-electron chi connectivity index (χ3n) is 3.78. The molecule has 1 aromatic carbocycles. The molecule has 1 amide bonds. The number of nitrogens with zero attached hydrogens (tertiary/aromatic N) is 4. The molecule has 1 aliphatic heterocycles. The molecule has 25 heavy (non-hydrogen) atoms. The van der Waals surface area contributed by atoms with Crippen LogP contribution in [0.15, 0.2) is 42.9 Å². The Kier molecular flexibility index (Phi) is 4.73. The Balaban J connectivity index is 1.59. The van der Waals surface area contributed by atoms with E-state index in [2.05, 4.69) is 14.7 Å². The normalized spacial score (nSPS) is 15.2. The number of halogens is 3. The van der Waals surface area contributed by atoms with Gasteiger partial charge in [-0.1, -0.05) is 0 Å². The van der Waals surface area contributed by atoms with E-state index >= 15 is 0 Å². The molecule has 0 atom stereocenters. The second-order valence-electron chi connectivity index (χ2n) is 5.42. The molecule has 1 aromatic heterocycles. The van der Waals surface area contributed by atoms with Gasteiger partial charge in [-0.2, -0.15) is 0 Å². The quantitative estimate of drug-likeness (QED) is 0.849. The van der Waals surface area contributed by atoms with Crippen LogP contribution in [0.2, 0.25) is 0 Å². The van der Waals surface area contributed by atoms with Gasteiger partial charge in [0.15, 0.2) is 0 Å². The summed E-state index contributed by atoms with van der Waals surface area (Å²) in [6.45, 7) is 2.21. The van der Waals surface area contributed by atoms with Crippen LogP contribution in [0.3, 0.4) is 0 Å². The number of benzene rings is 1. The van der Waals surface area contributed by atoms with E-state index in [4.69, 9.17) is 0 Å². The Labute approximate surface area is 141 Å². The molecule has 0 saturated carbocycles. The van der Waals surface area contributed by atoms with Gasteiger partial charge in [0.25, 0.3) is 5.91 Å². The third-order valence-corrected chi connectivity index (χ3v) is 3.78. The molecule has 0 aliphatic carbocycles. The van der Waals surface area contributed by atoms with E-state index in [1.54, 1.807) is 23.5 Å². The van der Waals surface area contributed by atoms with Gasteiger partial charge in [0.2, 0.25) is 0 Å². The van der Waals surface area contributed by atoms with Crippen LogP contribution < -0.4 is 9.64 Å².